The third-order valence-electron chi connectivity index (χ3n) is 1.82. The van der Waals surface area contributed by atoms with Crippen LogP contribution >= 0.6 is 7.37 Å². The molecule has 0 aliphatic rings. The van der Waals surface area contributed by atoms with Gasteiger partial charge in [-0.1, -0.05) is 41.5 Å². The van der Waals surface area contributed by atoms with Crippen LogP contribution in [0.3, 0.4) is 0 Å². The molecule has 4 heteroatoms. The van der Waals surface area contributed by atoms with E-state index in [1.54, 1.807) is 41.5 Å². The molecule has 0 fully saturated rings. The predicted octanol–water partition coefficient (Wildman–Crippen LogP) is 2.85. The Labute approximate surface area is 88.3 Å². The second kappa shape index (κ2) is 3.90. The fourth-order valence-electron chi connectivity index (χ4n) is 1.01. The fourth-order valence-corrected chi connectivity index (χ4v) is 3.02. The predicted molar refractivity (Wildman–Crippen MR) is 49.3 cm³/mol. The maximum Gasteiger partial charge on any atom is 0.210 e. The molecule has 12 heavy (non-hydrogen) atoms. The summed E-state index contributed by atoms with van der Waals surface area (Å²) in [5.41, 5.74) is 0. The van der Waals surface area contributed by atoms with Gasteiger partial charge in [0.05, 0.1) is 0 Å². The maximum absolute atomic E-state index is 11.8. The van der Waals surface area contributed by atoms with Crippen molar-refractivity contribution in [2.45, 2.75) is 51.9 Å². The summed E-state index contributed by atoms with van der Waals surface area (Å²) in [6.45, 7) is 10.8. The van der Waals surface area contributed by atoms with Crippen LogP contribution in [0.4, 0.5) is 0 Å². The summed E-state index contributed by atoms with van der Waals surface area (Å²) in [5, 5.41) is -1.02. The second-order valence-electron chi connectivity index (χ2n) is 4.92. The summed E-state index contributed by atoms with van der Waals surface area (Å²) >= 11 is 0. The zero-order valence-corrected chi connectivity index (χ0v) is 12.9. The van der Waals surface area contributed by atoms with Gasteiger partial charge in [-0.2, -0.15) is 0 Å². The van der Waals surface area contributed by atoms with Crippen LogP contribution in [-0.4, -0.2) is 15.2 Å². The van der Waals surface area contributed by atoms with E-state index in [4.69, 9.17) is 0 Å². The molecule has 0 atom stereocenters. The van der Waals surface area contributed by atoms with Crippen LogP contribution < -0.4 is 0 Å². The van der Waals surface area contributed by atoms with Gasteiger partial charge in [-0.05, 0) is 0 Å². The molecule has 0 rings (SSSR count). The monoisotopic (exact) mass is 242 g/mol. The first kappa shape index (κ1) is 15.3. The van der Waals surface area contributed by atoms with E-state index in [-0.39, 0.29) is 19.5 Å². The van der Waals surface area contributed by atoms with Crippen molar-refractivity contribution in [1.82, 2.24) is 0 Å². The van der Waals surface area contributed by atoms with Gasteiger partial charge < -0.3 is 4.89 Å². The fraction of sp³-hybridized carbons (Fsp3) is 1.00. The molecule has 0 amide bonds. The first-order valence-electron chi connectivity index (χ1n) is 3.83. The Morgan fingerprint density at radius 3 is 1.08 bits per heavy atom. The van der Waals surface area contributed by atoms with Gasteiger partial charge in [0.2, 0.25) is 7.37 Å². The average Bonchev–Trinajstić information content (AvgIpc) is 1.58. The Bertz CT molecular complexity index is 170. The molecule has 0 saturated carbocycles. The van der Waals surface area contributed by atoms with E-state index < -0.39 is 17.7 Å². The van der Waals surface area contributed by atoms with Crippen molar-refractivity contribution in [1.29, 1.82) is 0 Å². The zero-order chi connectivity index (χ0) is 9.50. The van der Waals surface area contributed by atoms with E-state index in [1.807, 2.05) is 0 Å². The molecule has 0 aliphatic heterocycles. The van der Waals surface area contributed by atoms with Crippen molar-refractivity contribution >= 4 is 7.37 Å². The second-order valence-corrected chi connectivity index (χ2v) is 8.75. The molecule has 0 heterocycles. The molecular formula is C8H19O2PZn. The minimum atomic E-state index is -3.06. The van der Waals surface area contributed by atoms with Crippen LogP contribution in [0, 0.1) is 0 Å². The topological polar surface area (TPSA) is 37.3 Å². The summed E-state index contributed by atoms with van der Waals surface area (Å²) in [6, 6.07) is 0. The van der Waals surface area contributed by atoms with E-state index in [9.17, 15) is 9.46 Å². The van der Waals surface area contributed by atoms with Gasteiger partial charge in [0.25, 0.3) is 0 Å². The standard InChI is InChI=1S/C8H19O2P.Zn/c1-7(2,3)11(9,10)8(4,5)6;/h1-6H3,(H,9,10);. The first-order chi connectivity index (χ1) is 4.50. The van der Waals surface area contributed by atoms with Crippen LogP contribution in [0.5, 0.6) is 0 Å². The Hall–Kier alpha value is 0.813. The van der Waals surface area contributed by atoms with Gasteiger partial charge >= 0.3 is 0 Å². The van der Waals surface area contributed by atoms with E-state index in [1.165, 1.54) is 0 Å². The summed E-state index contributed by atoms with van der Waals surface area (Å²) in [5.74, 6) is 0. The Balaban J connectivity index is 0. The van der Waals surface area contributed by atoms with Crippen molar-refractivity contribution in [3.8, 4) is 0 Å². The van der Waals surface area contributed by atoms with E-state index >= 15 is 0 Å². The average molecular weight is 244 g/mol. The normalized spacial score (nSPS) is 13.9. The molecule has 0 aliphatic carbocycles. The van der Waals surface area contributed by atoms with Gasteiger partial charge in [0.1, 0.15) is 0 Å². The van der Waals surface area contributed by atoms with Crippen LogP contribution in [0.15, 0.2) is 0 Å². The van der Waals surface area contributed by atoms with Crippen molar-refractivity contribution in [3.63, 3.8) is 0 Å². The van der Waals surface area contributed by atoms with Crippen molar-refractivity contribution in [2.75, 3.05) is 0 Å². The molecule has 0 spiro atoms. The minimum Gasteiger partial charge on any atom is -0.344 e. The van der Waals surface area contributed by atoms with Gasteiger partial charge in [-0.15, -0.1) is 0 Å². The zero-order valence-electron chi connectivity index (χ0n) is 9.01. The molecule has 0 bridgehead atoms. The molecule has 0 aromatic carbocycles. The summed E-state index contributed by atoms with van der Waals surface area (Å²) < 4.78 is 11.8. The first-order valence-corrected chi connectivity index (χ1v) is 5.49. The van der Waals surface area contributed by atoms with Crippen molar-refractivity contribution in [3.05, 3.63) is 0 Å². The molecular weight excluding hydrogens is 224 g/mol. The van der Waals surface area contributed by atoms with Gasteiger partial charge in [0.15, 0.2) is 0 Å². The van der Waals surface area contributed by atoms with Crippen molar-refractivity contribution in [2.24, 2.45) is 0 Å². The summed E-state index contributed by atoms with van der Waals surface area (Å²) in [7, 11) is -3.06. The largest absolute Gasteiger partial charge is 0.344 e. The number of hydrogen-bond donors (Lipinski definition) is 1. The molecule has 0 saturated heterocycles. The van der Waals surface area contributed by atoms with Gasteiger partial charge in [-0.3, -0.25) is 4.57 Å². The van der Waals surface area contributed by atoms with Crippen molar-refractivity contribution < 1.29 is 28.9 Å². The molecule has 0 unspecified atom stereocenters. The smallest absolute Gasteiger partial charge is 0.210 e. The molecule has 0 radical (unpaired) electrons. The van der Waals surface area contributed by atoms with Gasteiger partial charge in [0, 0.05) is 29.8 Å². The molecule has 0 aromatic rings. The molecule has 70 valence electrons. The third-order valence-corrected chi connectivity index (χ3v) is 5.46. The summed E-state index contributed by atoms with van der Waals surface area (Å²) in [6.07, 6.45) is 0. The Kier molecular flexibility index (Phi) is 4.97. The minimum absolute atomic E-state index is 0. The Morgan fingerprint density at radius 2 is 1.08 bits per heavy atom. The van der Waals surface area contributed by atoms with Crippen LogP contribution in [0.1, 0.15) is 41.5 Å². The maximum atomic E-state index is 11.8. The van der Waals surface area contributed by atoms with Gasteiger partial charge in [-0.25, -0.2) is 0 Å². The number of rotatable bonds is 0. The van der Waals surface area contributed by atoms with Crippen LogP contribution in [0.2, 0.25) is 0 Å². The van der Waals surface area contributed by atoms with E-state index in [2.05, 4.69) is 0 Å². The van der Waals surface area contributed by atoms with E-state index in [0.29, 0.717) is 0 Å². The van der Waals surface area contributed by atoms with E-state index in [0.717, 1.165) is 0 Å². The third kappa shape index (κ3) is 2.94. The number of hydrogen-bond acceptors (Lipinski definition) is 1. The van der Waals surface area contributed by atoms with Crippen LogP contribution in [-0.2, 0) is 24.0 Å². The molecule has 1 N–H and O–H groups in total. The SMILES string of the molecule is CC(C)(C)P(=O)(O)C(C)(C)C.[Zn]. The molecule has 2 nitrogen and oxygen atoms in total. The Morgan fingerprint density at radius 1 is 0.917 bits per heavy atom. The quantitative estimate of drug-likeness (QED) is 0.525. The molecule has 0 aromatic heterocycles. The summed E-state index contributed by atoms with van der Waals surface area (Å²) in [4.78, 5) is 9.74. The van der Waals surface area contributed by atoms with Crippen LogP contribution in [0.25, 0.3) is 0 Å².